The van der Waals surface area contributed by atoms with Gasteiger partial charge in [-0.3, -0.25) is 9.59 Å². The van der Waals surface area contributed by atoms with Gasteiger partial charge >= 0.3 is 0 Å². The number of hydrogen-bond acceptors (Lipinski definition) is 4. The Hall–Kier alpha value is -2.08. The van der Waals surface area contributed by atoms with Gasteiger partial charge in [-0.15, -0.1) is 0 Å². The fourth-order valence-electron chi connectivity index (χ4n) is 4.87. The maximum Gasteiger partial charge on any atom is 0.255 e. The maximum atomic E-state index is 12.6. The van der Waals surface area contributed by atoms with Crippen LogP contribution in [0.5, 0.6) is 0 Å². The molecule has 6 heteroatoms. The van der Waals surface area contributed by atoms with E-state index in [1.54, 1.807) is 7.11 Å². The largest absolute Gasteiger partial charge is 0.383 e. The molecular formula is C19H25N3O3. The molecule has 3 saturated carbocycles. The van der Waals surface area contributed by atoms with Crippen molar-refractivity contribution in [3.05, 3.63) is 29.8 Å². The van der Waals surface area contributed by atoms with Crippen molar-refractivity contribution in [2.24, 2.45) is 17.8 Å². The summed E-state index contributed by atoms with van der Waals surface area (Å²) in [5.41, 5.74) is 1.20. The van der Waals surface area contributed by atoms with Crippen LogP contribution in [0.15, 0.2) is 24.3 Å². The highest BCUT2D eigenvalue weighted by atomic mass is 16.5. The lowest BCUT2D eigenvalue weighted by Crippen LogP contribution is -2.68. The van der Waals surface area contributed by atoms with Crippen LogP contribution < -0.4 is 16.0 Å². The molecule has 1 spiro atoms. The highest BCUT2D eigenvalue weighted by Gasteiger charge is 2.55. The third-order valence-corrected chi connectivity index (χ3v) is 6.08. The van der Waals surface area contributed by atoms with Crippen molar-refractivity contribution < 1.29 is 14.3 Å². The van der Waals surface area contributed by atoms with Gasteiger partial charge in [0.2, 0.25) is 5.91 Å². The Labute approximate surface area is 147 Å². The summed E-state index contributed by atoms with van der Waals surface area (Å²) >= 11 is 0. The van der Waals surface area contributed by atoms with Gasteiger partial charge in [-0.05, 0) is 43.7 Å². The summed E-state index contributed by atoms with van der Waals surface area (Å²) in [6.07, 6.45) is 3.72. The molecule has 3 fully saturated rings. The van der Waals surface area contributed by atoms with E-state index in [1.807, 2.05) is 24.3 Å². The molecule has 2 bridgehead atoms. The van der Waals surface area contributed by atoms with E-state index in [4.69, 9.17) is 4.74 Å². The number of benzene rings is 1. The van der Waals surface area contributed by atoms with Crippen molar-refractivity contribution in [2.45, 2.75) is 31.3 Å². The van der Waals surface area contributed by atoms with Gasteiger partial charge in [-0.1, -0.05) is 12.1 Å². The number of ether oxygens (including phenoxy) is 1. The second-order valence-electron chi connectivity index (χ2n) is 7.46. The predicted molar refractivity (Wildman–Crippen MR) is 94.1 cm³/mol. The van der Waals surface area contributed by atoms with E-state index in [-0.39, 0.29) is 23.7 Å². The lowest BCUT2D eigenvalue weighted by atomic mass is 9.58. The molecule has 1 aliphatic heterocycles. The fraction of sp³-hybridized carbons (Fsp3) is 0.579. The molecule has 5 rings (SSSR count). The van der Waals surface area contributed by atoms with Crippen molar-refractivity contribution >= 4 is 17.5 Å². The van der Waals surface area contributed by atoms with Crippen LogP contribution in [0.4, 0.5) is 5.69 Å². The number of para-hydroxylation sites is 1. The number of nitrogens with one attached hydrogen (secondary N) is 3. The molecule has 0 aromatic heterocycles. The molecule has 0 unspecified atom stereocenters. The van der Waals surface area contributed by atoms with E-state index in [1.165, 1.54) is 0 Å². The third kappa shape index (κ3) is 2.78. The number of carbonyl (C=O) groups excluding carboxylic acids is 2. The molecule has 25 heavy (non-hydrogen) atoms. The zero-order chi connectivity index (χ0) is 17.4. The van der Waals surface area contributed by atoms with E-state index in [9.17, 15) is 9.59 Å². The van der Waals surface area contributed by atoms with Crippen LogP contribution in [0.2, 0.25) is 0 Å². The maximum absolute atomic E-state index is 12.6. The first-order chi connectivity index (χ1) is 12.1. The van der Waals surface area contributed by atoms with Crippen LogP contribution in [-0.2, 0) is 9.53 Å². The van der Waals surface area contributed by atoms with Crippen LogP contribution in [-0.4, -0.2) is 37.7 Å². The van der Waals surface area contributed by atoms with E-state index in [2.05, 4.69) is 16.0 Å². The topological polar surface area (TPSA) is 79.5 Å². The molecule has 0 radical (unpaired) electrons. The number of amides is 2. The van der Waals surface area contributed by atoms with Crippen LogP contribution in [0.3, 0.4) is 0 Å². The summed E-state index contributed by atoms with van der Waals surface area (Å²) < 4.78 is 5.00. The lowest BCUT2D eigenvalue weighted by molar-refractivity contribution is -0.132. The zero-order valence-corrected chi connectivity index (χ0v) is 14.5. The first-order valence-electron chi connectivity index (χ1n) is 9.09. The summed E-state index contributed by atoms with van der Waals surface area (Å²) in [5, 5.41) is 9.81. The zero-order valence-electron chi connectivity index (χ0n) is 14.5. The van der Waals surface area contributed by atoms with E-state index >= 15 is 0 Å². The van der Waals surface area contributed by atoms with Gasteiger partial charge in [0.15, 0.2) is 0 Å². The first kappa shape index (κ1) is 16.4. The fourth-order valence-corrected chi connectivity index (χ4v) is 4.87. The van der Waals surface area contributed by atoms with Gasteiger partial charge in [0.25, 0.3) is 5.91 Å². The Bertz CT molecular complexity index is 692. The smallest absolute Gasteiger partial charge is 0.255 e. The Morgan fingerprint density at radius 2 is 2.16 bits per heavy atom. The average Bonchev–Trinajstić information content (AvgIpc) is 2.62. The Morgan fingerprint density at radius 3 is 2.92 bits per heavy atom. The van der Waals surface area contributed by atoms with Crippen molar-refractivity contribution in [3.63, 3.8) is 0 Å². The Kier molecular flexibility index (Phi) is 4.15. The third-order valence-electron chi connectivity index (χ3n) is 6.08. The summed E-state index contributed by atoms with van der Waals surface area (Å²) in [6.45, 7) is 1.08. The average molecular weight is 343 g/mol. The molecule has 4 aliphatic rings. The molecule has 0 saturated heterocycles. The quantitative estimate of drug-likeness (QED) is 0.728. The van der Waals surface area contributed by atoms with E-state index in [0.29, 0.717) is 24.6 Å². The lowest BCUT2D eigenvalue weighted by Gasteiger charge is -2.56. The molecule has 4 atom stereocenters. The molecule has 3 N–H and O–H groups in total. The van der Waals surface area contributed by atoms with Gasteiger partial charge in [0, 0.05) is 31.2 Å². The predicted octanol–water partition coefficient (Wildman–Crippen LogP) is 1.74. The normalized spacial score (nSPS) is 32.7. The number of anilines is 1. The van der Waals surface area contributed by atoms with E-state index in [0.717, 1.165) is 31.4 Å². The van der Waals surface area contributed by atoms with Crippen molar-refractivity contribution in [1.82, 2.24) is 10.6 Å². The highest BCUT2D eigenvalue weighted by Crippen LogP contribution is 2.51. The molecular weight excluding hydrogens is 318 g/mol. The Morgan fingerprint density at radius 1 is 1.32 bits per heavy atom. The SMILES string of the molecule is COCCNC(=O)[C@@H]1C[C@H]2CC[C@@H]1C[C@@]21NC(=O)c2ccccc2N1. The molecule has 1 heterocycles. The number of fused-ring (bicyclic) bond motifs is 3. The molecule has 134 valence electrons. The second kappa shape index (κ2) is 6.33. The molecule has 1 aromatic rings. The van der Waals surface area contributed by atoms with Crippen molar-refractivity contribution in [2.75, 3.05) is 25.6 Å². The summed E-state index contributed by atoms with van der Waals surface area (Å²) in [6, 6.07) is 7.64. The molecule has 1 aromatic carbocycles. The summed E-state index contributed by atoms with van der Waals surface area (Å²) in [4.78, 5) is 25.1. The van der Waals surface area contributed by atoms with Gasteiger partial charge in [0.05, 0.1) is 12.2 Å². The van der Waals surface area contributed by atoms with Crippen molar-refractivity contribution in [3.8, 4) is 0 Å². The van der Waals surface area contributed by atoms with Gasteiger partial charge in [-0.2, -0.15) is 0 Å². The summed E-state index contributed by atoms with van der Waals surface area (Å²) in [7, 11) is 1.63. The molecule has 6 nitrogen and oxygen atoms in total. The van der Waals surface area contributed by atoms with Crippen molar-refractivity contribution in [1.29, 1.82) is 0 Å². The highest BCUT2D eigenvalue weighted by molar-refractivity contribution is 6.02. The van der Waals surface area contributed by atoms with Crippen LogP contribution in [0.1, 0.15) is 36.0 Å². The monoisotopic (exact) mass is 343 g/mol. The van der Waals surface area contributed by atoms with Crippen LogP contribution >= 0.6 is 0 Å². The number of hydrogen-bond donors (Lipinski definition) is 3. The Balaban J connectivity index is 1.51. The molecule has 3 aliphatic carbocycles. The van der Waals surface area contributed by atoms with Gasteiger partial charge in [-0.25, -0.2) is 0 Å². The molecule has 2 amide bonds. The number of methoxy groups -OCH3 is 1. The number of carbonyl (C=O) groups is 2. The minimum Gasteiger partial charge on any atom is -0.383 e. The minimum absolute atomic E-state index is 0.0111. The summed E-state index contributed by atoms with van der Waals surface area (Å²) in [5.74, 6) is 0.725. The minimum atomic E-state index is -0.405. The van der Waals surface area contributed by atoms with E-state index < -0.39 is 5.66 Å². The number of rotatable bonds is 4. The van der Waals surface area contributed by atoms with Crippen LogP contribution in [0, 0.1) is 17.8 Å². The second-order valence-corrected chi connectivity index (χ2v) is 7.46. The standard InChI is InChI=1S/C19H25N3O3/c1-25-9-8-20-17(23)15-10-13-7-6-12(15)11-19(13)21-16-5-3-2-4-14(16)18(24)22-19/h2-5,12-13,15,21H,6-11H2,1H3,(H,20,23)(H,22,24)/t12-,13-,15-,19-/m1/s1. The van der Waals surface area contributed by atoms with Crippen LogP contribution in [0.25, 0.3) is 0 Å². The van der Waals surface area contributed by atoms with Gasteiger partial charge in [0.1, 0.15) is 5.66 Å². The van der Waals surface area contributed by atoms with Gasteiger partial charge < -0.3 is 20.7 Å². The first-order valence-corrected chi connectivity index (χ1v) is 9.09.